The number of rotatable bonds is 3. The standard InChI is InChI=1S/C10H14Cl2N4/c1-16(6-7-3-2-4-13-7)8-5-9(11)14-15-10(8)12/h5,7,13H,2-4,6H2,1H3. The van der Waals surface area contributed by atoms with E-state index in [1.807, 2.05) is 7.05 Å². The van der Waals surface area contributed by atoms with E-state index >= 15 is 0 Å². The van der Waals surface area contributed by atoms with Crippen molar-refractivity contribution in [1.29, 1.82) is 0 Å². The second kappa shape index (κ2) is 5.17. The molecule has 0 amide bonds. The van der Waals surface area contributed by atoms with Gasteiger partial charge in [-0.15, -0.1) is 10.2 Å². The van der Waals surface area contributed by atoms with Crippen molar-refractivity contribution in [2.75, 3.05) is 25.0 Å². The number of nitrogens with one attached hydrogen (secondary N) is 1. The molecule has 1 aliphatic rings. The molecule has 0 saturated carbocycles. The number of anilines is 1. The minimum absolute atomic E-state index is 0.366. The van der Waals surface area contributed by atoms with E-state index in [0.29, 0.717) is 16.3 Å². The van der Waals surface area contributed by atoms with Gasteiger partial charge in [0.25, 0.3) is 0 Å². The van der Waals surface area contributed by atoms with Gasteiger partial charge in [-0.05, 0) is 19.4 Å². The smallest absolute Gasteiger partial charge is 0.175 e. The summed E-state index contributed by atoms with van der Waals surface area (Å²) in [5.41, 5.74) is 0.829. The van der Waals surface area contributed by atoms with Crippen molar-refractivity contribution in [2.24, 2.45) is 0 Å². The number of hydrogen-bond acceptors (Lipinski definition) is 4. The van der Waals surface area contributed by atoms with Crippen molar-refractivity contribution in [1.82, 2.24) is 15.5 Å². The van der Waals surface area contributed by atoms with Gasteiger partial charge >= 0.3 is 0 Å². The van der Waals surface area contributed by atoms with E-state index in [0.717, 1.165) is 18.8 Å². The monoisotopic (exact) mass is 260 g/mol. The molecular weight excluding hydrogens is 247 g/mol. The molecule has 1 atom stereocenters. The summed E-state index contributed by atoms with van der Waals surface area (Å²) in [5.74, 6) is 0. The van der Waals surface area contributed by atoms with Crippen LogP contribution in [0, 0.1) is 0 Å². The van der Waals surface area contributed by atoms with Crippen LogP contribution in [0.3, 0.4) is 0 Å². The number of hydrogen-bond donors (Lipinski definition) is 1. The number of likely N-dealkylation sites (N-methyl/N-ethyl adjacent to an activating group) is 1. The molecule has 1 fully saturated rings. The molecule has 2 rings (SSSR count). The van der Waals surface area contributed by atoms with Crippen LogP contribution < -0.4 is 10.2 Å². The molecule has 1 unspecified atom stereocenters. The molecule has 2 heterocycles. The van der Waals surface area contributed by atoms with Gasteiger partial charge in [-0.3, -0.25) is 0 Å². The van der Waals surface area contributed by atoms with Crippen LogP contribution in [-0.4, -0.2) is 36.4 Å². The number of aromatic nitrogens is 2. The van der Waals surface area contributed by atoms with E-state index in [2.05, 4.69) is 20.4 Å². The van der Waals surface area contributed by atoms with Gasteiger partial charge in [-0.1, -0.05) is 23.2 Å². The second-order valence-corrected chi connectivity index (χ2v) is 4.76. The predicted octanol–water partition coefficient (Wildman–Crippen LogP) is 1.97. The first kappa shape index (κ1) is 11.9. The van der Waals surface area contributed by atoms with Crippen LogP contribution in [0.5, 0.6) is 0 Å². The van der Waals surface area contributed by atoms with Crippen LogP contribution in [0.2, 0.25) is 10.3 Å². The Morgan fingerprint density at radius 1 is 1.50 bits per heavy atom. The molecule has 0 radical (unpaired) electrons. The van der Waals surface area contributed by atoms with Crippen LogP contribution in [0.15, 0.2) is 6.07 Å². The Labute approximate surface area is 105 Å². The Bertz CT molecular complexity index is 366. The van der Waals surface area contributed by atoms with Crippen molar-refractivity contribution in [3.8, 4) is 0 Å². The molecule has 1 aliphatic heterocycles. The van der Waals surface area contributed by atoms with E-state index in [1.54, 1.807) is 6.07 Å². The fraction of sp³-hybridized carbons (Fsp3) is 0.600. The van der Waals surface area contributed by atoms with Crippen molar-refractivity contribution < 1.29 is 0 Å². The first-order valence-electron chi connectivity index (χ1n) is 5.30. The highest BCUT2D eigenvalue weighted by Gasteiger charge is 2.18. The van der Waals surface area contributed by atoms with Crippen molar-refractivity contribution >= 4 is 28.9 Å². The van der Waals surface area contributed by atoms with E-state index in [1.165, 1.54) is 12.8 Å². The summed E-state index contributed by atoms with van der Waals surface area (Å²) in [5, 5.41) is 11.7. The normalized spacial score (nSPS) is 20.1. The first-order chi connectivity index (χ1) is 7.66. The third-order valence-corrected chi connectivity index (χ3v) is 3.22. The molecule has 88 valence electrons. The van der Waals surface area contributed by atoms with Crippen LogP contribution in [0.25, 0.3) is 0 Å². The molecule has 4 nitrogen and oxygen atoms in total. The SMILES string of the molecule is CN(CC1CCCN1)c1cc(Cl)nnc1Cl. The highest BCUT2D eigenvalue weighted by atomic mass is 35.5. The van der Waals surface area contributed by atoms with Gasteiger partial charge < -0.3 is 10.2 Å². The summed E-state index contributed by atoms with van der Waals surface area (Å²) in [6, 6.07) is 2.26. The quantitative estimate of drug-likeness (QED) is 0.903. The summed E-state index contributed by atoms with van der Waals surface area (Å²) in [7, 11) is 1.99. The molecule has 1 N–H and O–H groups in total. The van der Waals surface area contributed by atoms with E-state index in [9.17, 15) is 0 Å². The summed E-state index contributed by atoms with van der Waals surface area (Å²) >= 11 is 11.8. The van der Waals surface area contributed by atoms with E-state index in [-0.39, 0.29) is 0 Å². The molecule has 0 aromatic carbocycles. The van der Waals surface area contributed by atoms with Crippen molar-refractivity contribution in [3.05, 3.63) is 16.4 Å². The number of nitrogens with zero attached hydrogens (tertiary/aromatic N) is 3. The van der Waals surface area contributed by atoms with Gasteiger partial charge in [0.1, 0.15) is 0 Å². The second-order valence-electron chi connectivity index (χ2n) is 4.02. The Hall–Kier alpha value is -0.580. The topological polar surface area (TPSA) is 41.0 Å². The van der Waals surface area contributed by atoms with E-state index < -0.39 is 0 Å². The lowest BCUT2D eigenvalue weighted by molar-refractivity contribution is 0.599. The molecule has 16 heavy (non-hydrogen) atoms. The summed E-state index contributed by atoms with van der Waals surface area (Å²) in [6.07, 6.45) is 2.44. The lowest BCUT2D eigenvalue weighted by atomic mass is 10.2. The maximum atomic E-state index is 5.98. The molecule has 1 aromatic heterocycles. The van der Waals surface area contributed by atoms with E-state index in [4.69, 9.17) is 23.2 Å². The lowest BCUT2D eigenvalue weighted by Gasteiger charge is -2.23. The molecule has 1 aromatic rings. The van der Waals surface area contributed by atoms with Crippen LogP contribution >= 0.6 is 23.2 Å². The number of halogens is 2. The zero-order valence-electron chi connectivity index (χ0n) is 9.08. The van der Waals surface area contributed by atoms with Crippen molar-refractivity contribution in [3.63, 3.8) is 0 Å². The summed E-state index contributed by atoms with van der Waals surface area (Å²) in [4.78, 5) is 2.06. The maximum Gasteiger partial charge on any atom is 0.175 e. The van der Waals surface area contributed by atoms with Crippen LogP contribution in [0.4, 0.5) is 5.69 Å². The van der Waals surface area contributed by atoms with Gasteiger partial charge in [-0.2, -0.15) is 0 Å². The van der Waals surface area contributed by atoms with Gasteiger partial charge in [0.05, 0.1) is 5.69 Å². The van der Waals surface area contributed by atoms with Crippen LogP contribution in [-0.2, 0) is 0 Å². The largest absolute Gasteiger partial charge is 0.370 e. The minimum Gasteiger partial charge on any atom is -0.370 e. The predicted molar refractivity (Wildman–Crippen MR) is 66.3 cm³/mol. The molecule has 1 saturated heterocycles. The first-order valence-corrected chi connectivity index (χ1v) is 6.05. The average molecular weight is 261 g/mol. The highest BCUT2D eigenvalue weighted by molar-refractivity contribution is 6.33. The Morgan fingerprint density at radius 2 is 2.31 bits per heavy atom. The molecule has 0 aliphatic carbocycles. The molecule has 0 bridgehead atoms. The fourth-order valence-corrected chi connectivity index (χ4v) is 2.33. The van der Waals surface area contributed by atoms with Gasteiger partial charge in [-0.25, -0.2) is 0 Å². The maximum absolute atomic E-state index is 5.98. The summed E-state index contributed by atoms with van der Waals surface area (Å²) < 4.78 is 0. The highest BCUT2D eigenvalue weighted by Crippen LogP contribution is 2.24. The Kier molecular flexibility index (Phi) is 3.84. The fourth-order valence-electron chi connectivity index (χ4n) is 1.95. The lowest BCUT2D eigenvalue weighted by Crippen LogP contribution is -2.35. The third-order valence-electron chi connectivity index (χ3n) is 2.77. The Balaban J connectivity index is 2.07. The van der Waals surface area contributed by atoms with Gasteiger partial charge in [0.2, 0.25) is 0 Å². The molecule has 0 spiro atoms. The Morgan fingerprint density at radius 3 is 3.00 bits per heavy atom. The third kappa shape index (κ3) is 2.75. The van der Waals surface area contributed by atoms with Gasteiger partial charge in [0.15, 0.2) is 10.3 Å². The zero-order chi connectivity index (χ0) is 11.5. The minimum atomic E-state index is 0.366. The van der Waals surface area contributed by atoms with Gasteiger partial charge in [0, 0.05) is 25.7 Å². The molecule has 6 heteroatoms. The van der Waals surface area contributed by atoms with Crippen molar-refractivity contribution in [2.45, 2.75) is 18.9 Å². The summed E-state index contributed by atoms with van der Waals surface area (Å²) in [6.45, 7) is 2.00. The van der Waals surface area contributed by atoms with Crippen LogP contribution in [0.1, 0.15) is 12.8 Å². The molecular formula is C10H14Cl2N4. The average Bonchev–Trinajstić information content (AvgIpc) is 2.74. The zero-order valence-corrected chi connectivity index (χ0v) is 10.6.